The van der Waals surface area contributed by atoms with Crippen molar-refractivity contribution in [2.45, 2.75) is 38.6 Å². The molecule has 4 nitrogen and oxygen atoms in total. The van der Waals surface area contributed by atoms with E-state index in [4.69, 9.17) is 0 Å². The number of tetrazole rings is 1. The van der Waals surface area contributed by atoms with E-state index in [1.165, 1.54) is 11.1 Å². The first-order valence-electron chi connectivity index (χ1n) is 6.36. The number of thioether (sulfide) groups is 1. The van der Waals surface area contributed by atoms with E-state index in [0.717, 1.165) is 16.2 Å². The average molecular weight is 292 g/mol. The van der Waals surface area contributed by atoms with Crippen LogP contribution in [0.2, 0.25) is 19.6 Å². The summed E-state index contributed by atoms with van der Waals surface area (Å²) in [5.74, 6) is 0. The second-order valence-electron chi connectivity index (χ2n) is 5.96. The van der Waals surface area contributed by atoms with E-state index >= 15 is 0 Å². The van der Waals surface area contributed by atoms with E-state index in [-0.39, 0.29) is 0 Å². The Kier molecular flexibility index (Phi) is 4.10. The molecule has 0 saturated heterocycles. The lowest BCUT2D eigenvalue weighted by molar-refractivity contribution is 0.748. The first-order chi connectivity index (χ1) is 8.88. The Hall–Kier alpha value is -1.14. The summed E-state index contributed by atoms with van der Waals surface area (Å²) in [6.45, 7) is 11.3. The molecule has 2 aromatic rings. The molecule has 0 N–H and O–H groups in total. The highest BCUT2D eigenvalue weighted by Crippen LogP contribution is 2.25. The molecule has 19 heavy (non-hydrogen) atoms. The van der Waals surface area contributed by atoms with Crippen molar-refractivity contribution in [2.24, 2.45) is 0 Å². The zero-order valence-electron chi connectivity index (χ0n) is 12.1. The molecular weight excluding hydrogens is 272 g/mol. The molecule has 0 aliphatic heterocycles. The van der Waals surface area contributed by atoms with Crippen LogP contribution in [0, 0.1) is 13.8 Å². The van der Waals surface area contributed by atoms with Crippen molar-refractivity contribution < 1.29 is 0 Å². The van der Waals surface area contributed by atoms with Crippen LogP contribution in [-0.4, -0.2) is 33.7 Å². The van der Waals surface area contributed by atoms with Gasteiger partial charge in [-0.2, -0.15) is 4.68 Å². The number of para-hydroxylation sites is 1. The molecule has 0 atom stereocenters. The van der Waals surface area contributed by atoms with Gasteiger partial charge in [-0.3, -0.25) is 0 Å². The Morgan fingerprint density at radius 2 is 1.79 bits per heavy atom. The minimum atomic E-state index is -1.11. The summed E-state index contributed by atoms with van der Waals surface area (Å²) >= 11 is 1.76. The molecule has 2 rings (SSSR count). The molecule has 1 aromatic carbocycles. The molecule has 1 heterocycles. The van der Waals surface area contributed by atoms with Gasteiger partial charge in [0.15, 0.2) is 0 Å². The molecular formula is C13H20N4SSi. The fourth-order valence-electron chi connectivity index (χ4n) is 1.83. The van der Waals surface area contributed by atoms with Crippen LogP contribution in [0.25, 0.3) is 5.69 Å². The lowest BCUT2D eigenvalue weighted by Gasteiger charge is -2.15. The molecule has 0 aliphatic carbocycles. The molecule has 0 radical (unpaired) electrons. The summed E-state index contributed by atoms with van der Waals surface area (Å²) in [6, 6.07) is 6.25. The Bertz CT molecular complexity index is 554. The number of hydrogen-bond acceptors (Lipinski definition) is 4. The highest BCUT2D eigenvalue weighted by atomic mass is 32.2. The van der Waals surface area contributed by atoms with Crippen molar-refractivity contribution in [1.82, 2.24) is 20.2 Å². The number of nitrogens with zero attached hydrogens (tertiary/aromatic N) is 4. The maximum Gasteiger partial charge on any atom is 0.213 e. The molecule has 6 heteroatoms. The van der Waals surface area contributed by atoms with E-state index in [0.29, 0.717) is 0 Å². The van der Waals surface area contributed by atoms with Crippen molar-refractivity contribution in [3.63, 3.8) is 0 Å². The van der Waals surface area contributed by atoms with Gasteiger partial charge >= 0.3 is 0 Å². The van der Waals surface area contributed by atoms with Crippen molar-refractivity contribution in [2.75, 3.05) is 5.38 Å². The fraction of sp³-hybridized carbons (Fsp3) is 0.462. The van der Waals surface area contributed by atoms with Gasteiger partial charge in [0.2, 0.25) is 5.16 Å². The molecule has 0 unspecified atom stereocenters. The van der Waals surface area contributed by atoms with Crippen LogP contribution in [0.1, 0.15) is 11.1 Å². The van der Waals surface area contributed by atoms with E-state index in [1.54, 1.807) is 11.8 Å². The lowest BCUT2D eigenvalue weighted by Crippen LogP contribution is -2.24. The van der Waals surface area contributed by atoms with Gasteiger partial charge in [-0.25, -0.2) is 0 Å². The molecule has 0 aliphatic rings. The third-order valence-corrected chi connectivity index (χ3v) is 7.28. The van der Waals surface area contributed by atoms with E-state index in [1.807, 2.05) is 4.68 Å². The summed E-state index contributed by atoms with van der Waals surface area (Å²) in [6.07, 6.45) is 0. The topological polar surface area (TPSA) is 43.6 Å². The SMILES string of the molecule is Cc1cccc(C)c1-n1nnnc1SC[Si](C)(C)C. The summed E-state index contributed by atoms with van der Waals surface area (Å²) < 4.78 is 1.87. The van der Waals surface area contributed by atoms with Gasteiger partial charge in [0.1, 0.15) is 0 Å². The standard InChI is InChI=1S/C13H20N4SSi/c1-10-7-6-8-11(2)12(10)17-13(14-15-16-17)18-9-19(3,4)5/h6-8H,9H2,1-5H3. The Balaban J connectivity index is 2.34. The van der Waals surface area contributed by atoms with Crippen LogP contribution in [0.5, 0.6) is 0 Å². The van der Waals surface area contributed by atoms with Gasteiger partial charge in [0, 0.05) is 0 Å². The van der Waals surface area contributed by atoms with Crippen LogP contribution >= 0.6 is 11.8 Å². The number of rotatable bonds is 4. The van der Waals surface area contributed by atoms with Crippen molar-refractivity contribution in [3.05, 3.63) is 29.3 Å². The van der Waals surface area contributed by atoms with E-state index in [9.17, 15) is 0 Å². The smallest absolute Gasteiger partial charge is 0.187 e. The van der Waals surface area contributed by atoms with Crippen LogP contribution in [0.3, 0.4) is 0 Å². The maximum absolute atomic E-state index is 4.16. The Morgan fingerprint density at radius 3 is 2.37 bits per heavy atom. The highest BCUT2D eigenvalue weighted by molar-refractivity contribution is 8.00. The average Bonchev–Trinajstić information content (AvgIpc) is 2.73. The predicted molar refractivity (Wildman–Crippen MR) is 82.7 cm³/mol. The van der Waals surface area contributed by atoms with Gasteiger partial charge in [-0.15, -0.1) is 5.10 Å². The third kappa shape index (κ3) is 3.45. The second kappa shape index (κ2) is 5.46. The monoisotopic (exact) mass is 292 g/mol. The van der Waals surface area contributed by atoms with Gasteiger partial charge in [-0.05, 0) is 40.8 Å². The minimum absolute atomic E-state index is 0.889. The normalized spacial score (nSPS) is 11.8. The Labute approximate surface area is 119 Å². The Morgan fingerprint density at radius 1 is 1.16 bits per heavy atom. The summed E-state index contributed by atoms with van der Waals surface area (Å²) in [5.41, 5.74) is 3.50. The maximum atomic E-state index is 4.16. The molecule has 0 bridgehead atoms. The zero-order chi connectivity index (χ0) is 14.0. The molecule has 0 spiro atoms. The third-order valence-electron chi connectivity index (χ3n) is 2.73. The van der Waals surface area contributed by atoms with E-state index in [2.05, 4.69) is 67.2 Å². The van der Waals surface area contributed by atoms with Gasteiger partial charge in [0.25, 0.3) is 0 Å². The zero-order valence-corrected chi connectivity index (χ0v) is 14.0. The van der Waals surface area contributed by atoms with Gasteiger partial charge in [0.05, 0.1) is 13.8 Å². The minimum Gasteiger partial charge on any atom is -0.187 e. The lowest BCUT2D eigenvalue weighted by atomic mass is 10.1. The summed E-state index contributed by atoms with van der Waals surface area (Å²) in [7, 11) is -1.11. The largest absolute Gasteiger partial charge is 0.213 e. The number of aromatic nitrogens is 4. The molecule has 1 aromatic heterocycles. The summed E-state index contributed by atoms with van der Waals surface area (Å²) in [4.78, 5) is 0. The molecule has 0 amide bonds. The number of hydrogen-bond donors (Lipinski definition) is 0. The van der Waals surface area contributed by atoms with Crippen molar-refractivity contribution >= 4 is 19.8 Å². The van der Waals surface area contributed by atoms with Gasteiger partial charge in [-0.1, -0.05) is 49.6 Å². The van der Waals surface area contributed by atoms with Crippen molar-refractivity contribution in [3.8, 4) is 5.69 Å². The molecule has 0 fully saturated rings. The van der Waals surface area contributed by atoms with Gasteiger partial charge < -0.3 is 0 Å². The first-order valence-corrected chi connectivity index (χ1v) is 11.1. The van der Waals surface area contributed by atoms with Crippen molar-refractivity contribution in [1.29, 1.82) is 0 Å². The second-order valence-corrected chi connectivity index (χ2v) is 12.9. The van der Waals surface area contributed by atoms with E-state index < -0.39 is 8.07 Å². The molecule has 102 valence electrons. The summed E-state index contributed by atoms with van der Waals surface area (Å²) in [5, 5.41) is 14.2. The van der Waals surface area contributed by atoms with Crippen LogP contribution in [0.4, 0.5) is 0 Å². The first kappa shape index (κ1) is 14.3. The fourth-order valence-corrected chi connectivity index (χ4v) is 4.42. The van der Waals surface area contributed by atoms with Crippen LogP contribution in [-0.2, 0) is 0 Å². The predicted octanol–water partition coefficient (Wildman–Crippen LogP) is 3.25. The highest BCUT2D eigenvalue weighted by Gasteiger charge is 2.18. The van der Waals surface area contributed by atoms with Crippen LogP contribution < -0.4 is 0 Å². The molecule has 0 saturated carbocycles. The van der Waals surface area contributed by atoms with Crippen LogP contribution in [0.15, 0.2) is 23.4 Å². The number of aryl methyl sites for hydroxylation is 2. The quantitative estimate of drug-likeness (QED) is 0.641. The number of benzene rings is 1.